The lowest BCUT2D eigenvalue weighted by Gasteiger charge is -2.16. The monoisotopic (exact) mass is 539 g/mol. The van der Waals surface area contributed by atoms with Crippen molar-refractivity contribution >= 4 is 52.1 Å². The van der Waals surface area contributed by atoms with E-state index in [0.717, 1.165) is 6.08 Å². The molecule has 2 aromatic rings. The summed E-state index contributed by atoms with van der Waals surface area (Å²) in [4.78, 5) is 55.9. The molecule has 2 aliphatic rings. The first-order chi connectivity index (χ1) is 15.7. The lowest BCUT2D eigenvalue weighted by atomic mass is 10.2. The van der Waals surface area contributed by atoms with Crippen LogP contribution >= 0.6 is 23.2 Å². The first-order valence-electron chi connectivity index (χ1n) is 9.12. The number of ether oxygens (including phenoxy) is 1. The van der Waals surface area contributed by atoms with Crippen molar-refractivity contribution in [2.45, 2.75) is 24.9 Å². The van der Waals surface area contributed by atoms with E-state index >= 15 is 0 Å². The van der Waals surface area contributed by atoms with Crippen LogP contribution in [-0.2, 0) is 31.8 Å². The van der Waals surface area contributed by atoms with Gasteiger partial charge in [-0.15, -0.1) is 0 Å². The molecular formula is C14H16N5O12P3. The third-order valence-corrected chi connectivity index (χ3v) is 8.41. The Kier molecular flexibility index (Phi) is 6.48. The van der Waals surface area contributed by atoms with Crippen LogP contribution in [0.25, 0.3) is 17.1 Å². The summed E-state index contributed by atoms with van der Waals surface area (Å²) in [5, 5.41) is 17.7. The highest BCUT2D eigenvalue weighted by molar-refractivity contribution is 7.69. The second kappa shape index (κ2) is 8.82. The average molecular weight is 539 g/mol. The Morgan fingerprint density at radius 1 is 1.15 bits per heavy atom. The Hall–Kier alpha value is -2.13. The SMILES string of the molecule is O=C1C=Cc2nn([C@@H]3O[C@H](/C=C/P(=O)(O)OP(=O)(O)OP(=O)(O)O)C[C@H]3O)c3ncnc(c23)N1. The number of aliphatic hydroxyl groups is 1. The summed E-state index contributed by atoms with van der Waals surface area (Å²) < 4.78 is 48.5. The summed E-state index contributed by atoms with van der Waals surface area (Å²) in [6.45, 7) is 0. The number of hydrogen-bond acceptors (Lipinski definition) is 11. The van der Waals surface area contributed by atoms with Crippen LogP contribution in [0.15, 0.2) is 24.3 Å². The molecule has 6 N–H and O–H groups in total. The highest BCUT2D eigenvalue weighted by atomic mass is 31.3. The van der Waals surface area contributed by atoms with Gasteiger partial charge >= 0.3 is 23.2 Å². The summed E-state index contributed by atoms with van der Waals surface area (Å²) in [6, 6.07) is 0. The van der Waals surface area contributed by atoms with Gasteiger partial charge < -0.3 is 34.7 Å². The van der Waals surface area contributed by atoms with Crippen LogP contribution in [0.5, 0.6) is 0 Å². The molecule has 0 spiro atoms. The second-order valence-electron chi connectivity index (χ2n) is 6.97. The number of aliphatic hydroxyl groups excluding tert-OH is 1. The molecule has 0 aromatic carbocycles. The van der Waals surface area contributed by atoms with Crippen LogP contribution in [0.1, 0.15) is 18.3 Å². The number of rotatable bonds is 7. The van der Waals surface area contributed by atoms with E-state index < -0.39 is 47.6 Å². The van der Waals surface area contributed by atoms with Crippen molar-refractivity contribution in [3.05, 3.63) is 30.0 Å². The van der Waals surface area contributed by atoms with Gasteiger partial charge in [-0.05, 0) is 12.2 Å². The molecule has 184 valence electrons. The fourth-order valence-electron chi connectivity index (χ4n) is 3.25. The van der Waals surface area contributed by atoms with Crippen molar-refractivity contribution in [1.29, 1.82) is 0 Å². The molecule has 0 radical (unpaired) electrons. The number of anilines is 1. The number of aromatic nitrogens is 4. The van der Waals surface area contributed by atoms with Crippen molar-refractivity contribution < 1.29 is 56.5 Å². The molecule has 2 aliphatic heterocycles. The maximum Gasteiger partial charge on any atom is 0.488 e. The normalized spacial score (nSPS) is 26.4. The first-order valence-corrected chi connectivity index (χ1v) is 13.8. The Bertz CT molecular complexity index is 1350. The van der Waals surface area contributed by atoms with Gasteiger partial charge in [0.2, 0.25) is 5.91 Å². The number of carbonyl (C=O) groups excluding carboxylic acids is 1. The molecule has 5 atom stereocenters. The topological polar surface area (TPSA) is 253 Å². The molecular weight excluding hydrogens is 523 g/mol. The number of amides is 1. The summed E-state index contributed by atoms with van der Waals surface area (Å²) in [6.07, 6.45) is 1.41. The number of hydrogen-bond donors (Lipinski definition) is 6. The molecule has 4 heterocycles. The minimum absolute atomic E-state index is 0.0991. The lowest BCUT2D eigenvalue weighted by molar-refractivity contribution is -0.111. The minimum atomic E-state index is -5.59. The molecule has 0 aliphatic carbocycles. The van der Waals surface area contributed by atoms with Crippen LogP contribution in [0.4, 0.5) is 5.82 Å². The van der Waals surface area contributed by atoms with Crippen molar-refractivity contribution in [1.82, 2.24) is 19.7 Å². The van der Waals surface area contributed by atoms with Crippen molar-refractivity contribution in [2.75, 3.05) is 5.32 Å². The van der Waals surface area contributed by atoms with E-state index in [4.69, 9.17) is 14.5 Å². The highest BCUT2D eigenvalue weighted by Crippen LogP contribution is 2.66. The molecule has 20 heteroatoms. The van der Waals surface area contributed by atoms with Crippen molar-refractivity contribution in [2.24, 2.45) is 0 Å². The van der Waals surface area contributed by atoms with E-state index in [0.29, 0.717) is 16.9 Å². The Morgan fingerprint density at radius 2 is 1.88 bits per heavy atom. The predicted molar refractivity (Wildman–Crippen MR) is 111 cm³/mol. The molecule has 34 heavy (non-hydrogen) atoms. The average Bonchev–Trinajstić information content (AvgIpc) is 3.17. The molecule has 0 bridgehead atoms. The minimum Gasteiger partial charge on any atom is -0.388 e. The summed E-state index contributed by atoms with van der Waals surface area (Å²) in [5.74, 6) is 0.234. The van der Waals surface area contributed by atoms with Gasteiger partial charge in [-0.2, -0.15) is 9.41 Å². The largest absolute Gasteiger partial charge is 0.488 e. The zero-order chi connectivity index (χ0) is 24.9. The molecule has 4 rings (SSSR count). The molecule has 17 nitrogen and oxygen atoms in total. The fraction of sp³-hybridized carbons (Fsp3) is 0.286. The zero-order valence-corrected chi connectivity index (χ0v) is 19.2. The summed E-state index contributed by atoms with van der Waals surface area (Å²) in [7, 11) is -16.1. The lowest BCUT2D eigenvalue weighted by Crippen LogP contribution is -2.21. The van der Waals surface area contributed by atoms with E-state index in [2.05, 4.69) is 29.0 Å². The van der Waals surface area contributed by atoms with Gasteiger partial charge in [0.15, 0.2) is 11.9 Å². The zero-order valence-electron chi connectivity index (χ0n) is 16.6. The van der Waals surface area contributed by atoms with E-state index in [1.54, 1.807) is 0 Å². The number of phosphoric acid groups is 2. The number of nitrogens with one attached hydrogen (secondary N) is 1. The second-order valence-corrected chi connectivity index (χ2v) is 11.6. The molecule has 0 saturated carbocycles. The van der Waals surface area contributed by atoms with E-state index in [-0.39, 0.29) is 17.9 Å². The first kappa shape index (κ1) is 25.0. The van der Waals surface area contributed by atoms with Gasteiger partial charge in [-0.3, -0.25) is 9.36 Å². The van der Waals surface area contributed by atoms with Crippen molar-refractivity contribution in [3.8, 4) is 0 Å². The number of nitrogens with zero attached hydrogens (tertiary/aromatic N) is 4. The van der Waals surface area contributed by atoms with Gasteiger partial charge in [0, 0.05) is 18.3 Å². The van der Waals surface area contributed by atoms with Crippen LogP contribution in [0.3, 0.4) is 0 Å². The Labute approximate surface area is 189 Å². The third kappa shape index (κ3) is 5.57. The third-order valence-electron chi connectivity index (χ3n) is 4.43. The van der Waals surface area contributed by atoms with Gasteiger partial charge in [0.05, 0.1) is 17.2 Å². The van der Waals surface area contributed by atoms with Crippen LogP contribution < -0.4 is 5.32 Å². The quantitative estimate of drug-likeness (QED) is 0.260. The van der Waals surface area contributed by atoms with Gasteiger partial charge in [0.25, 0.3) is 0 Å². The summed E-state index contributed by atoms with van der Waals surface area (Å²) >= 11 is 0. The smallest absolute Gasteiger partial charge is 0.388 e. The Morgan fingerprint density at radius 3 is 2.59 bits per heavy atom. The number of carbonyl (C=O) groups is 1. The fourth-order valence-corrected chi connectivity index (χ4v) is 6.53. The van der Waals surface area contributed by atoms with Crippen molar-refractivity contribution in [3.63, 3.8) is 0 Å². The summed E-state index contributed by atoms with van der Waals surface area (Å²) in [5.41, 5.74) is 0.559. The van der Waals surface area contributed by atoms with E-state index in [1.165, 1.54) is 23.2 Å². The van der Waals surface area contributed by atoms with E-state index in [9.17, 15) is 33.4 Å². The van der Waals surface area contributed by atoms with Crippen LogP contribution in [0.2, 0.25) is 0 Å². The molecule has 2 aromatic heterocycles. The maximum absolute atomic E-state index is 12.0. The van der Waals surface area contributed by atoms with Gasteiger partial charge in [-0.1, -0.05) is 0 Å². The van der Waals surface area contributed by atoms with Gasteiger partial charge in [0.1, 0.15) is 18.2 Å². The molecule has 1 fully saturated rings. The molecule has 2 unspecified atom stereocenters. The van der Waals surface area contributed by atoms with Gasteiger partial charge in [-0.25, -0.2) is 28.1 Å². The maximum atomic E-state index is 12.0. The van der Waals surface area contributed by atoms with Crippen LogP contribution in [-0.4, -0.2) is 62.5 Å². The molecule has 1 amide bonds. The molecule has 1 saturated heterocycles. The predicted octanol–water partition coefficient (Wildman–Crippen LogP) is 0.365. The van der Waals surface area contributed by atoms with Crippen LogP contribution in [0, 0.1) is 0 Å². The van der Waals surface area contributed by atoms with E-state index in [1.807, 2.05) is 0 Å². The Balaban J connectivity index is 1.53. The standard InChI is InChI=1S/C14H16N5O12P3/c20-9-5-7(3-4-32(22,23)30-34(27,28)31-33(24,25)26)29-14(9)19-13-11-8(18-19)1-2-10(21)17-12(11)15-6-16-13/h1-4,6-7,9,14,20H,5H2,(H,22,23)(H,27,28)(H2,24,25,26)(H,15,16,17,21)/b4-3+/t7-,9-,14-/m1/s1. The highest BCUT2D eigenvalue weighted by Gasteiger charge is 2.40.